The predicted molar refractivity (Wildman–Crippen MR) is 117 cm³/mol. The molecular weight excluding hydrogens is 390 g/mol. The predicted octanol–water partition coefficient (Wildman–Crippen LogP) is 4.30. The van der Waals surface area contributed by atoms with Gasteiger partial charge in [-0.3, -0.25) is 9.59 Å². The molecule has 7 heteroatoms. The zero-order valence-corrected chi connectivity index (χ0v) is 17.5. The first-order valence-corrected chi connectivity index (χ1v) is 11.6. The molecule has 5 nitrogen and oxygen atoms in total. The number of nitrogens with zero attached hydrogens (tertiary/aromatic N) is 1. The number of aryl methyl sites for hydroxylation is 3. The van der Waals surface area contributed by atoms with E-state index in [1.54, 1.807) is 11.3 Å². The summed E-state index contributed by atoms with van der Waals surface area (Å²) in [5.74, 6) is 1.42. The monoisotopic (exact) mass is 413 g/mol. The third kappa shape index (κ3) is 4.15. The second-order valence-corrected chi connectivity index (χ2v) is 9.07. The Labute approximate surface area is 172 Å². The molecule has 146 valence electrons. The van der Waals surface area contributed by atoms with Gasteiger partial charge < -0.3 is 10.3 Å². The molecule has 2 aromatic heterocycles. The van der Waals surface area contributed by atoms with Crippen molar-refractivity contribution in [3.63, 3.8) is 0 Å². The summed E-state index contributed by atoms with van der Waals surface area (Å²) < 4.78 is 0. The number of thiophene rings is 1. The number of amides is 1. The molecule has 1 aliphatic carbocycles. The average molecular weight is 414 g/mol. The molecular formula is C21H23N3O2S2. The molecule has 0 fully saturated rings. The molecule has 28 heavy (non-hydrogen) atoms. The van der Waals surface area contributed by atoms with Gasteiger partial charge in [0.05, 0.1) is 16.9 Å². The second kappa shape index (κ2) is 8.49. The third-order valence-electron chi connectivity index (χ3n) is 4.97. The minimum Gasteiger partial charge on any atom is -0.325 e. The van der Waals surface area contributed by atoms with Gasteiger partial charge in [-0.15, -0.1) is 23.1 Å². The Kier molecular flexibility index (Phi) is 5.82. The Bertz CT molecular complexity index is 1070. The fourth-order valence-corrected chi connectivity index (χ4v) is 5.55. The molecule has 1 aromatic carbocycles. The van der Waals surface area contributed by atoms with E-state index in [4.69, 9.17) is 0 Å². The van der Waals surface area contributed by atoms with Crippen molar-refractivity contribution in [3.8, 4) is 0 Å². The number of carbonyl (C=O) groups excluding carboxylic acids is 1. The van der Waals surface area contributed by atoms with E-state index in [1.807, 2.05) is 24.3 Å². The number of carbonyl (C=O) groups is 1. The van der Waals surface area contributed by atoms with Crippen LogP contribution >= 0.6 is 23.1 Å². The highest BCUT2D eigenvalue weighted by atomic mass is 32.2. The SMILES string of the molecule is CCc1cccc(NC(=O)CSCc2nc3sc4c(c3c(=O)[nH]2)CCCC4)c1. The number of nitrogens with one attached hydrogen (secondary N) is 2. The Balaban J connectivity index is 1.39. The normalized spacial score (nSPS) is 13.5. The van der Waals surface area contributed by atoms with Crippen molar-refractivity contribution in [1.82, 2.24) is 9.97 Å². The van der Waals surface area contributed by atoms with Crippen molar-refractivity contribution < 1.29 is 4.79 Å². The molecule has 0 saturated heterocycles. The number of aromatic nitrogens is 2. The summed E-state index contributed by atoms with van der Waals surface area (Å²) in [6.45, 7) is 2.09. The molecule has 0 saturated carbocycles. The van der Waals surface area contributed by atoms with Gasteiger partial charge in [-0.05, 0) is 55.4 Å². The molecule has 2 N–H and O–H groups in total. The van der Waals surface area contributed by atoms with E-state index in [0.717, 1.165) is 41.6 Å². The summed E-state index contributed by atoms with van der Waals surface area (Å²) in [5.41, 5.74) is 3.18. The second-order valence-electron chi connectivity index (χ2n) is 7.00. The van der Waals surface area contributed by atoms with Crippen LogP contribution in [0.2, 0.25) is 0 Å². The first-order valence-electron chi connectivity index (χ1n) is 9.64. The van der Waals surface area contributed by atoms with E-state index in [9.17, 15) is 9.59 Å². The maximum absolute atomic E-state index is 12.6. The Morgan fingerprint density at radius 1 is 1.32 bits per heavy atom. The number of anilines is 1. The minimum atomic E-state index is -0.0479. The lowest BCUT2D eigenvalue weighted by atomic mass is 9.97. The van der Waals surface area contributed by atoms with Gasteiger partial charge in [0.2, 0.25) is 5.91 Å². The van der Waals surface area contributed by atoms with Gasteiger partial charge in [0.15, 0.2) is 0 Å². The fourth-order valence-electron chi connectivity index (χ4n) is 3.58. The molecule has 0 bridgehead atoms. The number of hydrogen-bond acceptors (Lipinski definition) is 5. The summed E-state index contributed by atoms with van der Waals surface area (Å²) in [4.78, 5) is 34.5. The molecule has 2 heterocycles. The maximum Gasteiger partial charge on any atom is 0.259 e. The summed E-state index contributed by atoms with van der Waals surface area (Å²) in [7, 11) is 0. The Hall–Kier alpha value is -2.12. The number of benzene rings is 1. The van der Waals surface area contributed by atoms with Crippen LogP contribution < -0.4 is 10.9 Å². The summed E-state index contributed by atoms with van der Waals surface area (Å²) in [6.07, 6.45) is 5.31. The van der Waals surface area contributed by atoms with Crippen LogP contribution in [0.5, 0.6) is 0 Å². The quantitative estimate of drug-likeness (QED) is 0.632. The van der Waals surface area contributed by atoms with E-state index in [-0.39, 0.29) is 11.5 Å². The number of H-pyrrole nitrogens is 1. The topological polar surface area (TPSA) is 74.8 Å². The lowest BCUT2D eigenvalue weighted by Gasteiger charge is -2.09. The first-order chi connectivity index (χ1) is 13.6. The van der Waals surface area contributed by atoms with Crippen LogP contribution in [-0.4, -0.2) is 21.6 Å². The van der Waals surface area contributed by atoms with Crippen molar-refractivity contribution in [1.29, 1.82) is 0 Å². The first kappa shape index (κ1) is 19.2. The summed E-state index contributed by atoms with van der Waals surface area (Å²) >= 11 is 3.11. The number of fused-ring (bicyclic) bond motifs is 3. The number of rotatable bonds is 6. The molecule has 0 unspecified atom stereocenters. The van der Waals surface area contributed by atoms with Crippen LogP contribution in [0.3, 0.4) is 0 Å². The van der Waals surface area contributed by atoms with Gasteiger partial charge >= 0.3 is 0 Å². The maximum atomic E-state index is 12.6. The minimum absolute atomic E-state index is 0.0409. The van der Waals surface area contributed by atoms with Crippen molar-refractivity contribution in [3.05, 3.63) is 56.4 Å². The number of aromatic amines is 1. The number of hydrogen-bond donors (Lipinski definition) is 2. The molecule has 3 aromatic rings. The summed E-state index contributed by atoms with van der Waals surface area (Å²) in [6, 6.07) is 7.89. The highest BCUT2D eigenvalue weighted by Gasteiger charge is 2.19. The average Bonchev–Trinajstić information content (AvgIpc) is 3.07. The molecule has 0 aliphatic heterocycles. The van der Waals surface area contributed by atoms with Crippen molar-refractivity contribution in [2.75, 3.05) is 11.1 Å². The Morgan fingerprint density at radius 3 is 3.04 bits per heavy atom. The van der Waals surface area contributed by atoms with E-state index < -0.39 is 0 Å². The number of thioether (sulfide) groups is 1. The van der Waals surface area contributed by atoms with Crippen molar-refractivity contribution in [2.24, 2.45) is 0 Å². The van der Waals surface area contributed by atoms with E-state index in [0.29, 0.717) is 17.3 Å². The zero-order chi connectivity index (χ0) is 19.5. The molecule has 1 aliphatic rings. The van der Waals surface area contributed by atoms with Crippen molar-refractivity contribution >= 4 is 44.9 Å². The molecule has 1 amide bonds. The highest BCUT2D eigenvalue weighted by Crippen LogP contribution is 2.33. The van der Waals surface area contributed by atoms with E-state index >= 15 is 0 Å². The lowest BCUT2D eigenvalue weighted by Crippen LogP contribution is -2.15. The van der Waals surface area contributed by atoms with Gasteiger partial charge in [-0.1, -0.05) is 19.1 Å². The lowest BCUT2D eigenvalue weighted by molar-refractivity contribution is -0.113. The van der Waals surface area contributed by atoms with Crippen molar-refractivity contribution in [2.45, 2.75) is 44.8 Å². The van der Waals surface area contributed by atoms with Crippen LogP contribution in [0, 0.1) is 0 Å². The molecule has 0 radical (unpaired) electrons. The van der Waals surface area contributed by atoms with E-state index in [1.165, 1.54) is 34.2 Å². The van der Waals surface area contributed by atoms with Gasteiger partial charge in [0.25, 0.3) is 5.56 Å². The van der Waals surface area contributed by atoms with Crippen LogP contribution in [0.4, 0.5) is 5.69 Å². The highest BCUT2D eigenvalue weighted by molar-refractivity contribution is 7.99. The zero-order valence-electron chi connectivity index (χ0n) is 15.8. The van der Waals surface area contributed by atoms with Crippen LogP contribution in [0.25, 0.3) is 10.2 Å². The molecule has 4 rings (SSSR count). The smallest absolute Gasteiger partial charge is 0.259 e. The van der Waals surface area contributed by atoms with Crippen LogP contribution in [-0.2, 0) is 29.8 Å². The Morgan fingerprint density at radius 2 is 2.18 bits per heavy atom. The van der Waals surface area contributed by atoms with Gasteiger partial charge in [0, 0.05) is 10.6 Å². The van der Waals surface area contributed by atoms with Gasteiger partial charge in [-0.2, -0.15) is 0 Å². The standard InChI is InChI=1S/C21H23N3O2S2/c1-2-13-6-5-7-14(10-13)22-18(25)12-27-11-17-23-20(26)19-15-8-3-4-9-16(15)28-21(19)24-17/h5-7,10H,2-4,8-9,11-12H2,1H3,(H,22,25)(H,23,24,26). The van der Waals surface area contributed by atoms with Crippen LogP contribution in [0.15, 0.2) is 29.1 Å². The molecule has 0 atom stereocenters. The third-order valence-corrected chi connectivity index (χ3v) is 7.09. The fraction of sp³-hybridized carbons (Fsp3) is 0.381. The van der Waals surface area contributed by atoms with Gasteiger partial charge in [-0.25, -0.2) is 4.98 Å². The summed E-state index contributed by atoms with van der Waals surface area (Å²) in [5, 5.41) is 3.71. The largest absolute Gasteiger partial charge is 0.325 e. The van der Waals surface area contributed by atoms with Gasteiger partial charge in [0.1, 0.15) is 10.7 Å². The van der Waals surface area contributed by atoms with E-state index in [2.05, 4.69) is 22.2 Å². The molecule has 0 spiro atoms. The van der Waals surface area contributed by atoms with Crippen LogP contribution in [0.1, 0.15) is 41.6 Å².